The Morgan fingerprint density at radius 2 is 2.67 bits per heavy atom. The SMILES string of the molecule is [c]1ccc2c(c1)NCS2. The molecule has 0 saturated carbocycles. The molecule has 1 aromatic rings. The fraction of sp³-hybridized carbons (Fsp3) is 0.143. The van der Waals surface area contributed by atoms with Gasteiger partial charge < -0.3 is 5.32 Å². The number of fused-ring (bicyclic) bond motifs is 1. The Balaban J connectivity index is 2.54. The summed E-state index contributed by atoms with van der Waals surface area (Å²) in [5.41, 5.74) is 1.22. The molecule has 2 heteroatoms. The van der Waals surface area contributed by atoms with Crippen molar-refractivity contribution in [3.8, 4) is 0 Å². The average Bonchev–Trinajstić information content (AvgIpc) is 2.33. The molecule has 0 bridgehead atoms. The van der Waals surface area contributed by atoms with Crippen molar-refractivity contribution in [1.82, 2.24) is 0 Å². The second-order valence-corrected chi connectivity index (χ2v) is 2.90. The normalized spacial score (nSPS) is 14.7. The van der Waals surface area contributed by atoms with E-state index >= 15 is 0 Å². The molecule has 1 heterocycles. The van der Waals surface area contributed by atoms with E-state index in [2.05, 4.69) is 17.4 Å². The topological polar surface area (TPSA) is 12.0 Å². The number of thioether (sulfide) groups is 1. The number of hydrogen-bond donors (Lipinski definition) is 1. The monoisotopic (exact) mass is 136 g/mol. The van der Waals surface area contributed by atoms with Gasteiger partial charge in [-0.3, -0.25) is 0 Å². The van der Waals surface area contributed by atoms with Crippen molar-refractivity contribution in [2.75, 3.05) is 11.2 Å². The van der Waals surface area contributed by atoms with Crippen LogP contribution in [-0.2, 0) is 0 Å². The van der Waals surface area contributed by atoms with E-state index in [1.54, 1.807) is 0 Å². The van der Waals surface area contributed by atoms with Gasteiger partial charge in [0.25, 0.3) is 0 Å². The van der Waals surface area contributed by atoms with Crippen LogP contribution in [0.25, 0.3) is 0 Å². The zero-order valence-electron chi connectivity index (χ0n) is 4.85. The minimum atomic E-state index is 1.01. The van der Waals surface area contributed by atoms with E-state index in [0.29, 0.717) is 0 Å². The Morgan fingerprint density at radius 3 is 3.56 bits per heavy atom. The van der Waals surface area contributed by atoms with Crippen LogP contribution in [0.2, 0.25) is 0 Å². The first kappa shape index (κ1) is 5.18. The lowest BCUT2D eigenvalue weighted by Crippen LogP contribution is -1.86. The largest absolute Gasteiger partial charge is 0.375 e. The summed E-state index contributed by atoms with van der Waals surface area (Å²) in [5, 5.41) is 3.23. The highest BCUT2D eigenvalue weighted by Crippen LogP contribution is 2.32. The third-order valence-corrected chi connectivity index (χ3v) is 2.27. The lowest BCUT2D eigenvalue weighted by molar-refractivity contribution is 1.42. The molecule has 0 unspecified atom stereocenters. The smallest absolute Gasteiger partial charge is 0.0658 e. The van der Waals surface area contributed by atoms with E-state index < -0.39 is 0 Å². The molecule has 1 N–H and O–H groups in total. The highest BCUT2D eigenvalue weighted by atomic mass is 32.2. The van der Waals surface area contributed by atoms with Gasteiger partial charge in [-0.1, -0.05) is 6.07 Å². The van der Waals surface area contributed by atoms with Gasteiger partial charge in [-0.25, -0.2) is 0 Å². The van der Waals surface area contributed by atoms with E-state index in [1.807, 2.05) is 23.9 Å². The third kappa shape index (κ3) is 0.793. The summed E-state index contributed by atoms with van der Waals surface area (Å²) >= 11 is 1.84. The van der Waals surface area contributed by atoms with Crippen molar-refractivity contribution in [2.24, 2.45) is 0 Å². The molecule has 0 aliphatic carbocycles. The number of rotatable bonds is 0. The van der Waals surface area contributed by atoms with E-state index in [4.69, 9.17) is 0 Å². The van der Waals surface area contributed by atoms with Crippen LogP contribution in [-0.4, -0.2) is 5.88 Å². The van der Waals surface area contributed by atoms with Gasteiger partial charge in [0.15, 0.2) is 0 Å². The Labute approximate surface area is 58.5 Å². The van der Waals surface area contributed by atoms with Crippen LogP contribution in [0, 0.1) is 6.07 Å². The van der Waals surface area contributed by atoms with Crippen LogP contribution in [0.3, 0.4) is 0 Å². The van der Waals surface area contributed by atoms with Crippen molar-refractivity contribution >= 4 is 17.4 Å². The van der Waals surface area contributed by atoms with Gasteiger partial charge in [-0.05, 0) is 18.2 Å². The van der Waals surface area contributed by atoms with E-state index in [0.717, 1.165) is 5.88 Å². The van der Waals surface area contributed by atoms with Crippen molar-refractivity contribution in [1.29, 1.82) is 0 Å². The summed E-state index contributed by atoms with van der Waals surface area (Å²) in [6.45, 7) is 0. The van der Waals surface area contributed by atoms with Gasteiger partial charge >= 0.3 is 0 Å². The zero-order valence-corrected chi connectivity index (χ0v) is 5.66. The van der Waals surface area contributed by atoms with Gasteiger partial charge in [-0.2, -0.15) is 0 Å². The number of benzene rings is 1. The molecular formula is C7H6NS. The fourth-order valence-corrected chi connectivity index (χ4v) is 1.71. The molecule has 0 fully saturated rings. The van der Waals surface area contributed by atoms with E-state index in [-0.39, 0.29) is 0 Å². The van der Waals surface area contributed by atoms with Gasteiger partial charge in [0, 0.05) is 10.6 Å². The van der Waals surface area contributed by atoms with Crippen molar-refractivity contribution in [2.45, 2.75) is 4.90 Å². The van der Waals surface area contributed by atoms with Gasteiger partial charge in [-0.15, -0.1) is 11.8 Å². The predicted molar refractivity (Wildman–Crippen MR) is 39.6 cm³/mol. The Hall–Kier alpha value is -0.630. The molecule has 1 aliphatic heterocycles. The number of anilines is 1. The highest BCUT2D eigenvalue weighted by molar-refractivity contribution is 7.99. The maximum Gasteiger partial charge on any atom is 0.0658 e. The maximum absolute atomic E-state index is 3.23. The summed E-state index contributed by atoms with van der Waals surface area (Å²) in [6.07, 6.45) is 0. The minimum absolute atomic E-state index is 1.01. The van der Waals surface area contributed by atoms with Crippen molar-refractivity contribution in [3.63, 3.8) is 0 Å². The highest BCUT2D eigenvalue weighted by Gasteiger charge is 2.06. The third-order valence-electron chi connectivity index (χ3n) is 1.31. The van der Waals surface area contributed by atoms with E-state index in [1.165, 1.54) is 10.6 Å². The first-order chi connectivity index (χ1) is 4.47. The van der Waals surface area contributed by atoms with Crippen molar-refractivity contribution < 1.29 is 0 Å². The van der Waals surface area contributed by atoms with E-state index in [9.17, 15) is 0 Å². The summed E-state index contributed by atoms with van der Waals surface area (Å²) in [4.78, 5) is 1.34. The second-order valence-electron chi connectivity index (χ2n) is 1.89. The van der Waals surface area contributed by atoms with Crippen LogP contribution in [0.4, 0.5) is 5.69 Å². The molecule has 1 radical (unpaired) electrons. The van der Waals surface area contributed by atoms with Gasteiger partial charge in [0.2, 0.25) is 0 Å². The summed E-state index contributed by atoms with van der Waals surface area (Å²) in [6, 6.07) is 9.02. The standard InChI is InChI=1S/C7H6NS/c1-2-4-7-6(3-1)8-5-9-7/h2-4,8H,5H2. The fourth-order valence-electron chi connectivity index (χ4n) is 0.872. The quantitative estimate of drug-likeness (QED) is 0.585. The van der Waals surface area contributed by atoms with Gasteiger partial charge in [0.1, 0.15) is 0 Å². The van der Waals surface area contributed by atoms with Crippen LogP contribution in [0.1, 0.15) is 0 Å². The molecule has 1 aliphatic rings. The van der Waals surface area contributed by atoms with Gasteiger partial charge in [0.05, 0.1) is 5.88 Å². The molecule has 0 amide bonds. The molecule has 1 aromatic carbocycles. The van der Waals surface area contributed by atoms with Crippen LogP contribution in [0.15, 0.2) is 23.1 Å². The van der Waals surface area contributed by atoms with Crippen LogP contribution in [0.5, 0.6) is 0 Å². The Morgan fingerprint density at radius 1 is 1.67 bits per heavy atom. The number of nitrogens with one attached hydrogen (secondary N) is 1. The van der Waals surface area contributed by atoms with Crippen LogP contribution >= 0.6 is 11.8 Å². The predicted octanol–water partition coefficient (Wildman–Crippen LogP) is 1.96. The Bertz CT molecular complexity index is 199. The summed E-state index contributed by atoms with van der Waals surface area (Å²) in [7, 11) is 0. The zero-order chi connectivity index (χ0) is 6.10. The molecule has 0 spiro atoms. The summed E-state index contributed by atoms with van der Waals surface area (Å²) in [5.74, 6) is 1.01. The number of hydrogen-bond acceptors (Lipinski definition) is 2. The molecule has 0 saturated heterocycles. The maximum atomic E-state index is 3.23. The molecular weight excluding hydrogens is 130 g/mol. The first-order valence-corrected chi connectivity index (χ1v) is 3.82. The summed E-state index contributed by atoms with van der Waals surface area (Å²) < 4.78 is 0. The molecule has 2 rings (SSSR count). The lowest BCUT2D eigenvalue weighted by atomic mass is 10.3. The van der Waals surface area contributed by atoms with Crippen LogP contribution < -0.4 is 5.32 Å². The Kier molecular flexibility index (Phi) is 1.12. The molecule has 9 heavy (non-hydrogen) atoms. The minimum Gasteiger partial charge on any atom is -0.375 e. The molecule has 45 valence electrons. The first-order valence-electron chi connectivity index (χ1n) is 2.83. The average molecular weight is 136 g/mol. The lowest BCUT2D eigenvalue weighted by Gasteiger charge is -1.92. The molecule has 0 atom stereocenters. The van der Waals surface area contributed by atoms with Crippen molar-refractivity contribution in [3.05, 3.63) is 24.3 Å². The second kappa shape index (κ2) is 1.95. The molecule has 1 nitrogen and oxygen atoms in total. The molecule has 0 aromatic heterocycles.